The molecule has 0 aromatic heterocycles. The molecule has 2 rings (SSSR count). The summed E-state index contributed by atoms with van der Waals surface area (Å²) in [4.78, 5) is 23.1. The van der Waals surface area contributed by atoms with Gasteiger partial charge in [-0.25, -0.2) is 4.79 Å². The summed E-state index contributed by atoms with van der Waals surface area (Å²) in [5, 5.41) is 29.4. The fourth-order valence-corrected chi connectivity index (χ4v) is 2.04. The van der Waals surface area contributed by atoms with Crippen LogP contribution in [0.3, 0.4) is 0 Å². The molecule has 1 aromatic rings. The predicted octanol–water partition coefficient (Wildman–Crippen LogP) is 0.659. The minimum absolute atomic E-state index is 0.00796. The number of likely N-dealkylation sites (tertiary alicyclic amines) is 1. The van der Waals surface area contributed by atoms with Gasteiger partial charge in [0.25, 0.3) is 5.69 Å². The van der Waals surface area contributed by atoms with Gasteiger partial charge in [-0.15, -0.1) is 0 Å². The number of benzene rings is 1. The van der Waals surface area contributed by atoms with Crippen LogP contribution in [-0.2, 0) is 11.3 Å². The summed E-state index contributed by atoms with van der Waals surface area (Å²) >= 11 is 0. The van der Waals surface area contributed by atoms with E-state index < -0.39 is 23.2 Å². The summed E-state index contributed by atoms with van der Waals surface area (Å²) in [6, 6.07) is 5.70. The first-order valence-electron chi connectivity index (χ1n) is 6.48. The van der Waals surface area contributed by atoms with Crippen molar-refractivity contribution in [3.8, 4) is 0 Å². The van der Waals surface area contributed by atoms with E-state index >= 15 is 0 Å². The number of rotatable bonds is 3. The number of hydrogen-bond donors (Lipinski definition) is 2. The van der Waals surface area contributed by atoms with E-state index in [-0.39, 0.29) is 18.8 Å². The molecule has 1 aliphatic rings. The van der Waals surface area contributed by atoms with Gasteiger partial charge in [0, 0.05) is 18.7 Å². The van der Waals surface area contributed by atoms with E-state index in [0.717, 1.165) is 0 Å². The largest absolute Gasteiger partial charge is 0.445 e. The van der Waals surface area contributed by atoms with Gasteiger partial charge in [0.15, 0.2) is 0 Å². The van der Waals surface area contributed by atoms with Gasteiger partial charge in [-0.3, -0.25) is 10.1 Å². The number of hydrogen-bond acceptors (Lipinski definition) is 6. The fourth-order valence-electron chi connectivity index (χ4n) is 2.04. The molecule has 8 nitrogen and oxygen atoms in total. The number of carbonyl (C=O) groups excluding carboxylic acids is 1. The Kier molecular flexibility index (Phi) is 4.71. The Balaban J connectivity index is 1.85. The predicted molar refractivity (Wildman–Crippen MR) is 71.5 cm³/mol. The number of piperidine rings is 1. The maximum atomic E-state index is 11.8. The van der Waals surface area contributed by atoms with E-state index in [9.17, 15) is 25.1 Å². The van der Waals surface area contributed by atoms with Gasteiger partial charge in [-0.2, -0.15) is 0 Å². The Bertz CT molecular complexity index is 518. The molecule has 0 spiro atoms. The zero-order chi connectivity index (χ0) is 15.4. The first-order chi connectivity index (χ1) is 9.97. The lowest BCUT2D eigenvalue weighted by Gasteiger charge is -2.32. The quantitative estimate of drug-likeness (QED) is 0.625. The van der Waals surface area contributed by atoms with Crippen molar-refractivity contribution in [1.29, 1.82) is 0 Å². The summed E-state index contributed by atoms with van der Waals surface area (Å²) < 4.78 is 5.08. The van der Waals surface area contributed by atoms with Crippen LogP contribution in [0.2, 0.25) is 0 Å². The summed E-state index contributed by atoms with van der Waals surface area (Å²) in [7, 11) is 0. The standard InChI is InChI=1S/C13H16N2O6/c16-11-5-6-14(7-12(11)17)13(18)21-8-9-1-3-10(4-2-9)15(19)20/h1-4,11-12,16-17H,5-8H2/t11-,12+/m1/s1. The first kappa shape index (κ1) is 15.2. The van der Waals surface area contributed by atoms with Crippen molar-refractivity contribution in [2.45, 2.75) is 25.2 Å². The van der Waals surface area contributed by atoms with Crippen LogP contribution in [0, 0.1) is 10.1 Å². The lowest BCUT2D eigenvalue weighted by molar-refractivity contribution is -0.384. The fraction of sp³-hybridized carbons (Fsp3) is 0.462. The van der Waals surface area contributed by atoms with Gasteiger partial charge in [0.1, 0.15) is 6.61 Å². The molecule has 1 fully saturated rings. The minimum atomic E-state index is -0.967. The van der Waals surface area contributed by atoms with Crippen molar-refractivity contribution in [2.24, 2.45) is 0 Å². The number of aliphatic hydroxyl groups is 2. The zero-order valence-electron chi connectivity index (χ0n) is 11.2. The van der Waals surface area contributed by atoms with Crippen LogP contribution in [-0.4, -0.2) is 51.4 Å². The number of non-ortho nitro benzene ring substituents is 1. The van der Waals surface area contributed by atoms with Crippen LogP contribution in [0.15, 0.2) is 24.3 Å². The van der Waals surface area contributed by atoms with Gasteiger partial charge in [0.2, 0.25) is 0 Å². The van der Waals surface area contributed by atoms with Crippen molar-refractivity contribution in [3.05, 3.63) is 39.9 Å². The highest BCUT2D eigenvalue weighted by atomic mass is 16.6. The van der Waals surface area contributed by atoms with Gasteiger partial charge >= 0.3 is 6.09 Å². The molecule has 0 aliphatic carbocycles. The lowest BCUT2D eigenvalue weighted by atomic mass is 10.1. The Morgan fingerprint density at radius 2 is 2.00 bits per heavy atom. The lowest BCUT2D eigenvalue weighted by Crippen LogP contribution is -2.49. The van der Waals surface area contributed by atoms with Crippen molar-refractivity contribution >= 4 is 11.8 Å². The van der Waals surface area contributed by atoms with Crippen molar-refractivity contribution < 1.29 is 24.7 Å². The molecule has 1 aromatic carbocycles. The van der Waals surface area contributed by atoms with Gasteiger partial charge in [0.05, 0.1) is 23.7 Å². The topological polar surface area (TPSA) is 113 Å². The normalized spacial score (nSPS) is 21.9. The Morgan fingerprint density at radius 3 is 2.57 bits per heavy atom. The first-order valence-corrected chi connectivity index (χ1v) is 6.48. The van der Waals surface area contributed by atoms with Crippen LogP contribution in [0.4, 0.5) is 10.5 Å². The third kappa shape index (κ3) is 3.89. The van der Waals surface area contributed by atoms with E-state index in [0.29, 0.717) is 18.5 Å². The molecule has 0 unspecified atom stereocenters. The highest BCUT2D eigenvalue weighted by Crippen LogP contribution is 2.15. The molecule has 0 saturated carbocycles. The average molecular weight is 296 g/mol. The Morgan fingerprint density at radius 1 is 1.33 bits per heavy atom. The van der Waals surface area contributed by atoms with E-state index in [1.165, 1.54) is 29.2 Å². The molecule has 2 N–H and O–H groups in total. The SMILES string of the molecule is O=C(OCc1ccc([N+](=O)[O-])cc1)N1CC[C@@H](O)[C@@H](O)C1. The zero-order valence-corrected chi connectivity index (χ0v) is 11.2. The van der Waals surface area contributed by atoms with Crippen LogP contribution < -0.4 is 0 Å². The van der Waals surface area contributed by atoms with Crippen molar-refractivity contribution in [2.75, 3.05) is 13.1 Å². The minimum Gasteiger partial charge on any atom is -0.445 e. The number of aliphatic hydroxyl groups excluding tert-OH is 2. The monoisotopic (exact) mass is 296 g/mol. The number of ether oxygens (including phenoxy) is 1. The molecule has 0 radical (unpaired) electrons. The maximum absolute atomic E-state index is 11.8. The number of amides is 1. The highest BCUT2D eigenvalue weighted by molar-refractivity contribution is 5.67. The number of β-amino-alcohol motifs (C(OH)–C–C–N with tert-alkyl or cyclic N) is 1. The molecule has 0 bridgehead atoms. The molecular formula is C13H16N2O6. The van der Waals surface area contributed by atoms with Crippen LogP contribution in [0.1, 0.15) is 12.0 Å². The molecular weight excluding hydrogens is 280 g/mol. The van der Waals surface area contributed by atoms with Crippen molar-refractivity contribution in [3.63, 3.8) is 0 Å². The maximum Gasteiger partial charge on any atom is 0.410 e. The molecule has 1 aliphatic heterocycles. The summed E-state index contributed by atoms with van der Waals surface area (Å²) in [5.74, 6) is 0. The molecule has 1 saturated heterocycles. The second-order valence-electron chi connectivity index (χ2n) is 4.85. The molecule has 8 heteroatoms. The van der Waals surface area contributed by atoms with E-state index in [4.69, 9.17) is 4.74 Å². The highest BCUT2D eigenvalue weighted by Gasteiger charge is 2.29. The molecule has 21 heavy (non-hydrogen) atoms. The van der Waals surface area contributed by atoms with Crippen LogP contribution in [0.5, 0.6) is 0 Å². The number of nitrogens with zero attached hydrogens (tertiary/aromatic N) is 2. The molecule has 1 amide bonds. The van der Waals surface area contributed by atoms with Crippen LogP contribution in [0.25, 0.3) is 0 Å². The number of nitro groups is 1. The third-order valence-electron chi connectivity index (χ3n) is 3.31. The summed E-state index contributed by atoms with van der Waals surface area (Å²) in [5.41, 5.74) is 0.602. The number of nitro benzene ring substituents is 1. The Hall–Kier alpha value is -2.19. The van der Waals surface area contributed by atoms with Gasteiger partial charge in [-0.1, -0.05) is 0 Å². The van der Waals surface area contributed by atoms with E-state index in [1.807, 2.05) is 0 Å². The van der Waals surface area contributed by atoms with Crippen LogP contribution >= 0.6 is 0 Å². The summed E-state index contributed by atoms with van der Waals surface area (Å²) in [6.45, 7) is 0.337. The number of carbonyl (C=O) groups is 1. The van der Waals surface area contributed by atoms with Gasteiger partial charge in [-0.05, 0) is 24.1 Å². The smallest absolute Gasteiger partial charge is 0.410 e. The second kappa shape index (κ2) is 6.51. The molecule has 114 valence electrons. The van der Waals surface area contributed by atoms with E-state index in [1.54, 1.807) is 0 Å². The third-order valence-corrected chi connectivity index (χ3v) is 3.31. The second-order valence-corrected chi connectivity index (χ2v) is 4.85. The molecule has 1 heterocycles. The van der Waals surface area contributed by atoms with Gasteiger partial charge < -0.3 is 19.8 Å². The van der Waals surface area contributed by atoms with E-state index in [2.05, 4.69) is 0 Å². The van der Waals surface area contributed by atoms with Crippen molar-refractivity contribution in [1.82, 2.24) is 4.90 Å². The molecule has 2 atom stereocenters. The Labute approximate surface area is 120 Å². The average Bonchev–Trinajstić information content (AvgIpc) is 2.48. The summed E-state index contributed by atoms with van der Waals surface area (Å²) in [6.07, 6.45) is -2.07.